The van der Waals surface area contributed by atoms with Gasteiger partial charge >= 0.3 is 0 Å². The van der Waals surface area contributed by atoms with Gasteiger partial charge in [-0.1, -0.05) is 30.3 Å². The van der Waals surface area contributed by atoms with Crippen LogP contribution in [0.3, 0.4) is 0 Å². The third kappa shape index (κ3) is 5.45. The molecule has 3 aromatic rings. The maximum absolute atomic E-state index is 5.86. The number of rotatable bonds is 10. The molecule has 0 amide bonds. The fourth-order valence-electron chi connectivity index (χ4n) is 2.77. The van der Waals surface area contributed by atoms with Crippen LogP contribution in [0.4, 0.5) is 0 Å². The minimum atomic E-state index is 0.517. The molecular formula is C21H28N4O2. The summed E-state index contributed by atoms with van der Waals surface area (Å²) >= 11 is 0. The van der Waals surface area contributed by atoms with Crippen molar-refractivity contribution < 1.29 is 9.47 Å². The van der Waals surface area contributed by atoms with Gasteiger partial charge in [-0.2, -0.15) is 9.89 Å². The lowest BCUT2D eigenvalue weighted by Crippen LogP contribution is -2.36. The lowest BCUT2D eigenvalue weighted by atomic mass is 10.2. The molecule has 0 atom stereocenters. The van der Waals surface area contributed by atoms with Crippen LogP contribution in [0.1, 0.15) is 5.56 Å². The van der Waals surface area contributed by atoms with Crippen LogP contribution in [-0.2, 0) is 11.3 Å². The summed E-state index contributed by atoms with van der Waals surface area (Å²) in [6.45, 7) is 3.53. The van der Waals surface area contributed by atoms with Crippen LogP contribution < -0.4 is 9.75 Å². The molecule has 1 aromatic heterocycles. The van der Waals surface area contributed by atoms with Gasteiger partial charge in [0.15, 0.2) is 0 Å². The van der Waals surface area contributed by atoms with Gasteiger partial charge in [-0.15, -0.1) is 0 Å². The molecule has 6 nitrogen and oxygen atoms in total. The summed E-state index contributed by atoms with van der Waals surface area (Å²) < 4.78 is 11.5. The van der Waals surface area contributed by atoms with E-state index in [9.17, 15) is 0 Å². The standard InChI is InChI=1S/C21H28N4O2/c1-23(2)11-12-24(3)25-21-15-20(10-9-19(21)16-22-25)27-14-13-26-17-18-7-5-4-6-8-18/h4-10,15-16H,11-14,17H2,1-3H3. The highest BCUT2D eigenvalue weighted by atomic mass is 16.5. The van der Waals surface area contributed by atoms with E-state index in [1.807, 2.05) is 54.4 Å². The van der Waals surface area contributed by atoms with Gasteiger partial charge in [-0.05, 0) is 31.8 Å². The predicted octanol–water partition coefficient (Wildman–Crippen LogP) is 2.76. The molecule has 6 heteroatoms. The predicted molar refractivity (Wildman–Crippen MR) is 109 cm³/mol. The number of ether oxygens (including phenoxy) is 2. The Kier molecular flexibility index (Phi) is 6.68. The maximum atomic E-state index is 5.86. The van der Waals surface area contributed by atoms with Crippen LogP contribution in [0.15, 0.2) is 54.7 Å². The first kappa shape index (κ1) is 19.2. The van der Waals surface area contributed by atoms with Crippen LogP contribution in [0, 0.1) is 0 Å². The van der Waals surface area contributed by atoms with Crippen molar-refractivity contribution in [2.45, 2.75) is 6.61 Å². The number of hydrogen-bond acceptors (Lipinski definition) is 5. The van der Waals surface area contributed by atoms with Crippen LogP contribution in [0.2, 0.25) is 0 Å². The highest BCUT2D eigenvalue weighted by Gasteiger charge is 2.08. The summed E-state index contributed by atoms with van der Waals surface area (Å²) in [5, 5.41) is 7.70. The van der Waals surface area contributed by atoms with Gasteiger partial charge in [0.1, 0.15) is 12.4 Å². The molecule has 0 saturated carbocycles. The zero-order valence-corrected chi connectivity index (χ0v) is 16.3. The average molecular weight is 368 g/mol. The second-order valence-electron chi connectivity index (χ2n) is 6.83. The number of fused-ring (bicyclic) bond motifs is 1. The van der Waals surface area contributed by atoms with E-state index in [0.717, 1.165) is 29.7 Å². The van der Waals surface area contributed by atoms with Gasteiger partial charge in [0, 0.05) is 31.6 Å². The Hall–Kier alpha value is -2.57. The van der Waals surface area contributed by atoms with E-state index >= 15 is 0 Å². The van der Waals surface area contributed by atoms with Crippen molar-refractivity contribution in [3.63, 3.8) is 0 Å². The van der Waals surface area contributed by atoms with E-state index in [1.54, 1.807) is 0 Å². The van der Waals surface area contributed by atoms with Crippen LogP contribution in [0.25, 0.3) is 10.9 Å². The Morgan fingerprint density at radius 3 is 2.56 bits per heavy atom. The van der Waals surface area contributed by atoms with E-state index in [1.165, 1.54) is 5.56 Å². The van der Waals surface area contributed by atoms with Crippen molar-refractivity contribution in [2.24, 2.45) is 0 Å². The monoisotopic (exact) mass is 368 g/mol. The molecule has 144 valence electrons. The van der Waals surface area contributed by atoms with E-state index in [0.29, 0.717) is 19.8 Å². The molecule has 0 unspecified atom stereocenters. The quantitative estimate of drug-likeness (QED) is 0.515. The van der Waals surface area contributed by atoms with E-state index in [4.69, 9.17) is 9.47 Å². The number of hydrogen-bond donors (Lipinski definition) is 0. The molecule has 0 aliphatic rings. The minimum absolute atomic E-state index is 0.517. The van der Waals surface area contributed by atoms with E-state index in [2.05, 4.69) is 41.2 Å². The van der Waals surface area contributed by atoms with Crippen molar-refractivity contribution in [1.29, 1.82) is 0 Å². The first-order valence-electron chi connectivity index (χ1n) is 9.22. The minimum Gasteiger partial charge on any atom is -0.491 e. The highest BCUT2D eigenvalue weighted by Crippen LogP contribution is 2.20. The molecule has 0 aliphatic carbocycles. The van der Waals surface area contributed by atoms with Crippen molar-refractivity contribution in [2.75, 3.05) is 52.5 Å². The average Bonchev–Trinajstić information content (AvgIpc) is 3.10. The molecule has 0 fully saturated rings. The molecule has 2 aromatic carbocycles. The van der Waals surface area contributed by atoms with Crippen molar-refractivity contribution >= 4 is 10.9 Å². The summed E-state index contributed by atoms with van der Waals surface area (Å²) in [6, 6.07) is 16.2. The Labute approximate surface area is 160 Å². The third-order valence-corrected chi connectivity index (χ3v) is 4.33. The first-order chi connectivity index (χ1) is 13.1. The van der Waals surface area contributed by atoms with E-state index < -0.39 is 0 Å². The Morgan fingerprint density at radius 1 is 0.963 bits per heavy atom. The van der Waals surface area contributed by atoms with Gasteiger partial charge in [-0.3, -0.25) is 5.01 Å². The van der Waals surface area contributed by atoms with Gasteiger partial charge in [0.2, 0.25) is 0 Å². The number of nitrogens with zero attached hydrogens (tertiary/aromatic N) is 4. The first-order valence-corrected chi connectivity index (χ1v) is 9.22. The van der Waals surface area contributed by atoms with Crippen LogP contribution in [-0.4, -0.2) is 62.2 Å². The highest BCUT2D eigenvalue weighted by molar-refractivity contribution is 5.80. The fraction of sp³-hybridized carbons (Fsp3) is 0.381. The molecule has 3 rings (SSSR count). The molecule has 0 aliphatic heterocycles. The summed E-state index contributed by atoms with van der Waals surface area (Å²) in [5.74, 6) is 0.827. The molecule has 27 heavy (non-hydrogen) atoms. The van der Waals surface area contributed by atoms with Gasteiger partial charge in [0.25, 0.3) is 0 Å². The maximum Gasteiger partial charge on any atom is 0.121 e. The lowest BCUT2D eigenvalue weighted by Gasteiger charge is -2.22. The molecule has 0 saturated heterocycles. The van der Waals surface area contributed by atoms with Gasteiger partial charge in [-0.25, -0.2) is 0 Å². The second-order valence-corrected chi connectivity index (χ2v) is 6.83. The molecule has 0 spiro atoms. The summed E-state index contributed by atoms with van der Waals surface area (Å²) in [5.41, 5.74) is 2.21. The van der Waals surface area contributed by atoms with Crippen molar-refractivity contribution in [1.82, 2.24) is 14.8 Å². The Balaban J connectivity index is 1.53. The van der Waals surface area contributed by atoms with E-state index in [-0.39, 0.29) is 0 Å². The Morgan fingerprint density at radius 2 is 1.78 bits per heavy atom. The molecule has 1 heterocycles. The summed E-state index contributed by atoms with van der Waals surface area (Å²) in [6.07, 6.45) is 1.88. The SMILES string of the molecule is CN(C)CCN(C)n1ncc2ccc(OCCOCc3ccccc3)cc21. The van der Waals surface area contributed by atoms with Crippen molar-refractivity contribution in [3.8, 4) is 5.75 Å². The number of likely N-dealkylation sites (N-methyl/N-ethyl adjacent to an activating group) is 2. The Bertz CT molecular complexity index is 833. The topological polar surface area (TPSA) is 42.8 Å². The van der Waals surface area contributed by atoms with Crippen molar-refractivity contribution in [3.05, 3.63) is 60.3 Å². The molecular weight excluding hydrogens is 340 g/mol. The van der Waals surface area contributed by atoms with Crippen LogP contribution in [0.5, 0.6) is 5.75 Å². The number of benzene rings is 2. The van der Waals surface area contributed by atoms with Gasteiger partial charge < -0.3 is 14.4 Å². The summed E-state index contributed by atoms with van der Waals surface area (Å²) in [4.78, 5) is 4.09. The summed E-state index contributed by atoms with van der Waals surface area (Å²) in [7, 11) is 6.18. The fourth-order valence-corrected chi connectivity index (χ4v) is 2.77. The zero-order valence-electron chi connectivity index (χ0n) is 16.3. The number of aromatic nitrogens is 2. The molecule has 0 bridgehead atoms. The smallest absolute Gasteiger partial charge is 0.121 e. The third-order valence-electron chi connectivity index (χ3n) is 4.33. The van der Waals surface area contributed by atoms with Gasteiger partial charge in [0.05, 0.1) is 24.9 Å². The zero-order chi connectivity index (χ0) is 19.1. The van der Waals surface area contributed by atoms with Crippen LogP contribution >= 0.6 is 0 Å². The normalized spacial score (nSPS) is 11.3. The second kappa shape index (κ2) is 9.39. The lowest BCUT2D eigenvalue weighted by molar-refractivity contribution is 0.0889. The molecule has 0 radical (unpaired) electrons. The largest absolute Gasteiger partial charge is 0.491 e. The molecule has 0 N–H and O–H groups in total.